The quantitative estimate of drug-likeness (QED) is 0.580. The van der Waals surface area contributed by atoms with Crippen LogP contribution in [0.2, 0.25) is 0 Å². The summed E-state index contributed by atoms with van der Waals surface area (Å²) >= 11 is 6.16. The van der Waals surface area contributed by atoms with Crippen molar-refractivity contribution < 1.29 is 13.5 Å². The summed E-state index contributed by atoms with van der Waals surface area (Å²) in [6.45, 7) is 0. The van der Waals surface area contributed by atoms with Gasteiger partial charge < -0.3 is 10.5 Å². The van der Waals surface area contributed by atoms with Crippen molar-refractivity contribution in [3.05, 3.63) is 56.5 Å². The molecule has 0 aliphatic carbocycles. The molecule has 0 atom stereocenters. The van der Waals surface area contributed by atoms with Crippen LogP contribution in [0, 0.1) is 17.0 Å². The maximum absolute atomic E-state index is 14.1. The van der Waals surface area contributed by atoms with E-state index in [0.717, 1.165) is 0 Å². The lowest BCUT2D eigenvalue weighted by Crippen LogP contribution is -2.12. The number of halogens is 4. The minimum Gasteiger partial charge on any atom is -0.453 e. The molecule has 20 heavy (non-hydrogen) atoms. The van der Waals surface area contributed by atoms with Crippen molar-refractivity contribution in [2.45, 2.75) is 0 Å². The van der Waals surface area contributed by atoms with Gasteiger partial charge in [-0.2, -0.15) is 0 Å². The van der Waals surface area contributed by atoms with Crippen molar-refractivity contribution in [2.24, 2.45) is 5.73 Å². The Balaban J connectivity index is 2.39. The lowest BCUT2D eigenvalue weighted by Gasteiger charge is -2.11. The molecule has 2 aromatic rings. The lowest BCUT2D eigenvalue weighted by molar-refractivity contribution is 0.437. The van der Waals surface area contributed by atoms with E-state index in [-0.39, 0.29) is 27.4 Å². The Morgan fingerprint density at radius 1 is 1.10 bits per heavy atom. The molecule has 0 heterocycles. The van der Waals surface area contributed by atoms with Crippen molar-refractivity contribution in [3.8, 4) is 11.5 Å². The molecule has 0 bridgehead atoms. The second kappa shape index (κ2) is 5.88. The minimum atomic E-state index is -0.686. The molecule has 2 aromatic carbocycles. The highest BCUT2D eigenvalue weighted by molar-refractivity contribution is 9.10. The van der Waals surface area contributed by atoms with Crippen molar-refractivity contribution in [1.29, 1.82) is 5.41 Å². The van der Waals surface area contributed by atoms with Gasteiger partial charge in [-0.3, -0.25) is 5.41 Å². The normalized spacial score (nSPS) is 10.4. The van der Waals surface area contributed by atoms with Crippen LogP contribution >= 0.6 is 31.9 Å². The zero-order valence-corrected chi connectivity index (χ0v) is 13.1. The summed E-state index contributed by atoms with van der Waals surface area (Å²) in [5.74, 6) is -1.17. The number of nitrogen functional groups attached to an aromatic ring is 1. The molecule has 0 spiro atoms. The van der Waals surface area contributed by atoms with E-state index in [2.05, 4.69) is 31.9 Å². The van der Waals surface area contributed by atoms with E-state index >= 15 is 0 Å². The van der Waals surface area contributed by atoms with Crippen molar-refractivity contribution in [3.63, 3.8) is 0 Å². The van der Waals surface area contributed by atoms with Gasteiger partial charge in [0.1, 0.15) is 17.4 Å². The van der Waals surface area contributed by atoms with Gasteiger partial charge in [-0.1, -0.05) is 0 Å². The van der Waals surface area contributed by atoms with E-state index < -0.39 is 11.6 Å². The number of hydrogen-bond donors (Lipinski definition) is 2. The van der Waals surface area contributed by atoms with Gasteiger partial charge in [0.25, 0.3) is 0 Å². The molecule has 3 nitrogen and oxygen atoms in total. The van der Waals surface area contributed by atoms with E-state index in [0.29, 0.717) is 4.47 Å². The molecule has 0 radical (unpaired) electrons. The topological polar surface area (TPSA) is 59.1 Å². The third kappa shape index (κ3) is 2.99. The Kier molecular flexibility index (Phi) is 4.39. The molecular formula is C13H8Br2F2N2O. The minimum absolute atomic E-state index is 0.0423. The fraction of sp³-hybridized carbons (Fsp3) is 0. The van der Waals surface area contributed by atoms with Crippen molar-refractivity contribution in [1.82, 2.24) is 0 Å². The molecule has 2 rings (SSSR count). The summed E-state index contributed by atoms with van der Waals surface area (Å²) in [5.41, 5.74) is 5.55. The molecule has 0 unspecified atom stereocenters. The van der Waals surface area contributed by atoms with Gasteiger partial charge in [-0.15, -0.1) is 0 Å². The molecule has 104 valence electrons. The number of nitrogens with one attached hydrogen (secondary N) is 1. The van der Waals surface area contributed by atoms with Crippen molar-refractivity contribution >= 4 is 37.7 Å². The van der Waals surface area contributed by atoms with Gasteiger partial charge in [-0.05, 0) is 62.2 Å². The van der Waals surface area contributed by atoms with Crippen LogP contribution in [0.15, 0.2) is 39.3 Å². The summed E-state index contributed by atoms with van der Waals surface area (Å²) in [6.07, 6.45) is 0. The van der Waals surface area contributed by atoms with Crippen LogP contribution in [0.5, 0.6) is 11.5 Å². The van der Waals surface area contributed by atoms with Crippen LogP contribution in [-0.2, 0) is 0 Å². The van der Waals surface area contributed by atoms with E-state index in [1.165, 1.54) is 30.3 Å². The molecule has 0 saturated heterocycles. The summed E-state index contributed by atoms with van der Waals surface area (Å²) in [6, 6.07) is 6.61. The van der Waals surface area contributed by atoms with Gasteiger partial charge in [0.2, 0.25) is 0 Å². The molecule has 7 heteroatoms. The molecule has 0 aromatic heterocycles. The highest BCUT2D eigenvalue weighted by atomic mass is 79.9. The largest absolute Gasteiger partial charge is 0.453 e. The Morgan fingerprint density at radius 2 is 1.75 bits per heavy atom. The predicted octanol–water partition coefficient (Wildman–Crippen LogP) is 4.57. The molecule has 0 aliphatic heterocycles. The molecule has 3 N–H and O–H groups in total. The maximum Gasteiger partial charge on any atom is 0.180 e. The average Bonchev–Trinajstić information content (AvgIpc) is 2.37. The first kappa shape index (κ1) is 14.9. The van der Waals surface area contributed by atoms with E-state index in [4.69, 9.17) is 15.9 Å². The summed E-state index contributed by atoms with van der Waals surface area (Å²) in [7, 11) is 0. The van der Waals surface area contributed by atoms with Gasteiger partial charge in [0.05, 0.1) is 8.95 Å². The van der Waals surface area contributed by atoms with Gasteiger partial charge in [0.15, 0.2) is 11.6 Å². The van der Waals surface area contributed by atoms with Crippen LogP contribution in [0.25, 0.3) is 0 Å². The summed E-state index contributed by atoms with van der Waals surface area (Å²) in [4.78, 5) is 0. The van der Waals surface area contributed by atoms with Crippen LogP contribution in [0.1, 0.15) is 5.56 Å². The van der Waals surface area contributed by atoms with Crippen LogP contribution in [0.3, 0.4) is 0 Å². The highest BCUT2D eigenvalue weighted by Crippen LogP contribution is 2.34. The van der Waals surface area contributed by atoms with Gasteiger partial charge in [-0.25, -0.2) is 8.78 Å². The number of benzene rings is 2. The van der Waals surface area contributed by atoms with Gasteiger partial charge >= 0.3 is 0 Å². The molecular weight excluding hydrogens is 398 g/mol. The first-order valence-electron chi connectivity index (χ1n) is 5.35. The van der Waals surface area contributed by atoms with Crippen molar-refractivity contribution in [2.75, 3.05) is 0 Å². The lowest BCUT2D eigenvalue weighted by atomic mass is 10.2. The fourth-order valence-electron chi connectivity index (χ4n) is 1.50. The van der Waals surface area contributed by atoms with E-state index in [9.17, 15) is 8.78 Å². The Labute approximate surface area is 130 Å². The third-order valence-corrected chi connectivity index (χ3v) is 3.85. The van der Waals surface area contributed by atoms with Gasteiger partial charge in [0, 0.05) is 5.56 Å². The van der Waals surface area contributed by atoms with Crippen LogP contribution < -0.4 is 10.5 Å². The molecule has 0 amide bonds. The number of rotatable bonds is 3. The van der Waals surface area contributed by atoms with E-state index in [1.807, 2.05) is 0 Å². The molecule has 0 aliphatic rings. The van der Waals surface area contributed by atoms with Crippen LogP contribution in [0.4, 0.5) is 8.78 Å². The Morgan fingerprint density at radius 3 is 2.35 bits per heavy atom. The Hall–Kier alpha value is -1.47. The number of ether oxygens (including phenoxy) is 1. The monoisotopic (exact) mass is 404 g/mol. The number of nitrogens with two attached hydrogens (primary N) is 1. The zero-order valence-electron chi connectivity index (χ0n) is 9.88. The fourth-order valence-corrected chi connectivity index (χ4v) is 2.47. The van der Waals surface area contributed by atoms with Crippen LogP contribution in [-0.4, -0.2) is 5.84 Å². The first-order valence-corrected chi connectivity index (χ1v) is 6.94. The average molecular weight is 406 g/mol. The Bertz CT molecular complexity index is 692. The second-order valence-electron chi connectivity index (χ2n) is 3.83. The number of hydrogen-bond acceptors (Lipinski definition) is 2. The SMILES string of the molecule is N=C(N)c1ccc(Oc2ccc(F)cc2Br)c(F)c1Br. The predicted molar refractivity (Wildman–Crippen MR) is 79.3 cm³/mol. The molecule has 0 saturated carbocycles. The molecule has 0 fully saturated rings. The zero-order chi connectivity index (χ0) is 14.9. The highest BCUT2D eigenvalue weighted by Gasteiger charge is 2.15. The van der Waals surface area contributed by atoms with E-state index in [1.54, 1.807) is 0 Å². The number of amidine groups is 1. The smallest absolute Gasteiger partial charge is 0.180 e. The first-order chi connectivity index (χ1) is 9.40. The third-order valence-electron chi connectivity index (χ3n) is 2.45. The summed E-state index contributed by atoms with van der Waals surface area (Å²) < 4.78 is 32.9. The second-order valence-corrected chi connectivity index (χ2v) is 5.48. The summed E-state index contributed by atoms with van der Waals surface area (Å²) in [5, 5.41) is 7.31. The maximum atomic E-state index is 14.1. The standard InChI is InChI=1S/C13H8Br2F2N2O/c14-8-5-6(16)1-3-9(8)20-10-4-2-7(13(18)19)11(15)12(10)17/h1-5H,(H3,18,19).